The minimum absolute atomic E-state index is 0.00343. The second-order valence-corrected chi connectivity index (χ2v) is 5.88. The van der Waals surface area contributed by atoms with E-state index >= 15 is 0 Å². The Morgan fingerprint density at radius 3 is 2.00 bits per heavy atom. The Morgan fingerprint density at radius 1 is 1.21 bits per heavy atom. The maximum absolute atomic E-state index is 11.9. The van der Waals surface area contributed by atoms with Gasteiger partial charge in [0.15, 0.2) is 11.1 Å². The lowest BCUT2D eigenvalue weighted by Crippen LogP contribution is -2.46. The summed E-state index contributed by atoms with van der Waals surface area (Å²) in [6.45, 7) is 10.4. The molecule has 2 atom stereocenters. The number of nitrogens with one attached hydrogen (secondary N) is 1. The highest BCUT2D eigenvalue weighted by molar-refractivity contribution is 7.81. The number of rotatable bonds is 6. The van der Waals surface area contributed by atoms with E-state index in [2.05, 4.69) is 26.3 Å². The van der Waals surface area contributed by atoms with E-state index in [-0.39, 0.29) is 10.2 Å². The summed E-state index contributed by atoms with van der Waals surface area (Å²) in [7, 11) is 1.63. The van der Waals surface area contributed by atoms with Gasteiger partial charge in [-0.3, -0.25) is 0 Å². The first-order chi connectivity index (χ1) is 6.35. The fourth-order valence-electron chi connectivity index (χ4n) is 1.36. The van der Waals surface area contributed by atoms with Crippen LogP contribution in [0.5, 0.6) is 0 Å². The monoisotopic (exact) mass is 221 g/mol. The lowest BCUT2D eigenvalue weighted by molar-refractivity contribution is 0.192. The molecule has 4 heteroatoms. The zero-order chi connectivity index (χ0) is 11.4. The first-order valence-electron chi connectivity index (χ1n) is 5.11. The van der Waals surface area contributed by atoms with Gasteiger partial charge in [-0.2, -0.15) is 5.48 Å². The third kappa shape index (κ3) is 2.55. The predicted octanol–water partition coefficient (Wildman–Crippen LogP) is 2.41. The van der Waals surface area contributed by atoms with Gasteiger partial charge in [-0.15, -0.1) is 0 Å². The molecule has 0 aliphatic rings. The van der Waals surface area contributed by atoms with Gasteiger partial charge in [-0.25, -0.2) is 8.49 Å². The molecule has 2 unspecified atom stereocenters. The first-order valence-corrected chi connectivity index (χ1v) is 6.19. The van der Waals surface area contributed by atoms with Crippen LogP contribution in [0.25, 0.3) is 0 Å². The van der Waals surface area contributed by atoms with Gasteiger partial charge in [0.25, 0.3) is 0 Å². The van der Waals surface area contributed by atoms with Crippen LogP contribution in [-0.2, 0) is 15.4 Å². The largest absolute Gasteiger partial charge is 0.228 e. The van der Waals surface area contributed by atoms with Crippen molar-refractivity contribution in [1.82, 2.24) is 5.48 Å². The first kappa shape index (κ1) is 14.1. The summed E-state index contributed by atoms with van der Waals surface area (Å²) < 4.78 is 16.6. The maximum Gasteiger partial charge on any atom is 0.179 e. The van der Waals surface area contributed by atoms with Crippen LogP contribution in [0.4, 0.5) is 0 Å². The molecule has 0 aromatic carbocycles. The molecule has 0 fully saturated rings. The Kier molecular flexibility index (Phi) is 5.26. The standard InChI is InChI=1S/C10H23NO2S/c1-7-9(3,4)10(5,8-2)14(12)13-11-6/h11H,7-8H2,1-6H3. The second kappa shape index (κ2) is 5.24. The zero-order valence-electron chi connectivity index (χ0n) is 10.1. The Morgan fingerprint density at radius 2 is 1.71 bits per heavy atom. The average Bonchev–Trinajstić information content (AvgIpc) is 2.16. The van der Waals surface area contributed by atoms with E-state index in [4.69, 9.17) is 4.28 Å². The molecule has 3 nitrogen and oxygen atoms in total. The summed E-state index contributed by atoms with van der Waals surface area (Å²) in [5.74, 6) is 0. The van der Waals surface area contributed by atoms with Gasteiger partial charge in [0, 0.05) is 7.05 Å². The van der Waals surface area contributed by atoms with E-state index in [1.54, 1.807) is 7.05 Å². The van der Waals surface area contributed by atoms with Crippen molar-refractivity contribution >= 4 is 11.1 Å². The van der Waals surface area contributed by atoms with Crippen LogP contribution in [0.15, 0.2) is 0 Å². The van der Waals surface area contributed by atoms with Crippen molar-refractivity contribution in [2.75, 3.05) is 7.05 Å². The van der Waals surface area contributed by atoms with Crippen LogP contribution >= 0.6 is 0 Å². The Hall–Kier alpha value is 0.0700. The van der Waals surface area contributed by atoms with Crippen LogP contribution < -0.4 is 5.48 Å². The maximum atomic E-state index is 11.9. The summed E-state index contributed by atoms with van der Waals surface area (Å²) in [6, 6.07) is 0. The highest BCUT2D eigenvalue weighted by Gasteiger charge is 2.44. The molecule has 0 aliphatic heterocycles. The van der Waals surface area contributed by atoms with E-state index in [9.17, 15) is 4.21 Å². The van der Waals surface area contributed by atoms with Crippen molar-refractivity contribution in [2.45, 2.75) is 52.2 Å². The summed E-state index contributed by atoms with van der Waals surface area (Å²) in [6.07, 6.45) is 1.82. The molecule has 0 saturated carbocycles. The molecule has 0 heterocycles. The van der Waals surface area contributed by atoms with E-state index < -0.39 is 11.1 Å². The summed E-state index contributed by atoms with van der Waals surface area (Å²) in [5.41, 5.74) is 2.51. The zero-order valence-corrected chi connectivity index (χ0v) is 11.0. The molecule has 0 spiro atoms. The molecule has 1 N–H and O–H groups in total. The van der Waals surface area contributed by atoms with Gasteiger partial charge < -0.3 is 0 Å². The van der Waals surface area contributed by atoms with Gasteiger partial charge in [-0.05, 0) is 25.2 Å². The van der Waals surface area contributed by atoms with E-state index in [1.807, 2.05) is 13.8 Å². The lowest BCUT2D eigenvalue weighted by Gasteiger charge is -2.41. The fraction of sp³-hybridized carbons (Fsp3) is 1.00. The van der Waals surface area contributed by atoms with Crippen molar-refractivity contribution in [3.8, 4) is 0 Å². The van der Waals surface area contributed by atoms with Gasteiger partial charge in [0.2, 0.25) is 0 Å². The number of hydrogen-bond donors (Lipinski definition) is 1. The summed E-state index contributed by atoms with van der Waals surface area (Å²) in [5, 5.41) is 0. The highest BCUT2D eigenvalue weighted by atomic mass is 32.2. The van der Waals surface area contributed by atoms with E-state index in [0.717, 1.165) is 12.8 Å². The number of hydroxylamine groups is 1. The van der Waals surface area contributed by atoms with Crippen molar-refractivity contribution in [3.63, 3.8) is 0 Å². The van der Waals surface area contributed by atoms with Crippen LogP contribution in [0, 0.1) is 5.41 Å². The van der Waals surface area contributed by atoms with Gasteiger partial charge in [0.1, 0.15) is 0 Å². The minimum Gasteiger partial charge on any atom is -0.228 e. The molecule has 14 heavy (non-hydrogen) atoms. The van der Waals surface area contributed by atoms with Crippen molar-refractivity contribution in [3.05, 3.63) is 0 Å². The molecule has 0 saturated heterocycles. The number of hydrogen-bond acceptors (Lipinski definition) is 3. The van der Waals surface area contributed by atoms with Crippen molar-refractivity contribution in [1.29, 1.82) is 0 Å². The summed E-state index contributed by atoms with van der Waals surface area (Å²) >= 11 is -1.30. The molecule has 86 valence electrons. The van der Waals surface area contributed by atoms with Crippen LogP contribution in [0.3, 0.4) is 0 Å². The molecular formula is C10H23NO2S. The molecule has 0 amide bonds. The van der Waals surface area contributed by atoms with Gasteiger partial charge >= 0.3 is 0 Å². The average molecular weight is 221 g/mol. The highest BCUT2D eigenvalue weighted by Crippen LogP contribution is 2.41. The van der Waals surface area contributed by atoms with E-state index in [0.29, 0.717) is 0 Å². The molecule has 0 radical (unpaired) electrons. The smallest absolute Gasteiger partial charge is 0.179 e. The Labute approximate surface area is 90.2 Å². The Bertz CT molecular complexity index is 206. The van der Waals surface area contributed by atoms with Crippen LogP contribution in [0.2, 0.25) is 0 Å². The van der Waals surface area contributed by atoms with E-state index in [1.165, 1.54) is 0 Å². The van der Waals surface area contributed by atoms with Crippen molar-refractivity contribution in [2.24, 2.45) is 5.41 Å². The molecule has 0 aromatic rings. The SMILES string of the molecule is CCC(C)(C)C(C)(CC)S(=O)ONC. The van der Waals surface area contributed by atoms with Crippen LogP contribution in [-0.4, -0.2) is 16.0 Å². The summed E-state index contributed by atoms with van der Waals surface area (Å²) in [4.78, 5) is 0. The minimum atomic E-state index is -1.30. The third-order valence-electron chi connectivity index (χ3n) is 3.52. The molecule has 0 rings (SSSR count). The van der Waals surface area contributed by atoms with Crippen molar-refractivity contribution < 1.29 is 8.49 Å². The molecule has 0 bridgehead atoms. The normalized spacial score (nSPS) is 19.0. The third-order valence-corrected chi connectivity index (χ3v) is 5.41. The molecule has 0 aromatic heterocycles. The predicted molar refractivity (Wildman–Crippen MR) is 61.1 cm³/mol. The topological polar surface area (TPSA) is 38.3 Å². The quantitative estimate of drug-likeness (QED) is 0.700. The fourth-order valence-corrected chi connectivity index (χ4v) is 2.53. The van der Waals surface area contributed by atoms with Gasteiger partial charge in [-0.1, -0.05) is 27.7 Å². The lowest BCUT2D eigenvalue weighted by atomic mass is 9.75. The molecular weight excluding hydrogens is 198 g/mol. The van der Waals surface area contributed by atoms with Gasteiger partial charge in [0.05, 0.1) is 4.75 Å². The second-order valence-electron chi connectivity index (χ2n) is 4.34. The van der Waals surface area contributed by atoms with Crippen LogP contribution in [0.1, 0.15) is 47.5 Å². The molecule has 0 aliphatic carbocycles. The Balaban J connectivity index is 4.87.